The zero-order valence-electron chi connectivity index (χ0n) is 14.6. The minimum atomic E-state index is 0.548. The van der Waals surface area contributed by atoms with Gasteiger partial charge in [-0.25, -0.2) is 9.97 Å². The lowest BCUT2D eigenvalue weighted by Crippen LogP contribution is -2.12. The maximum atomic E-state index is 5.50. The number of ether oxygens (including phenoxy) is 2. The molecule has 3 heterocycles. The SMILES string of the molecule is COc1ccc(-c2nccc(NCc3nnc4n3CCOCC4)n2)cc1. The molecule has 1 aliphatic rings. The van der Waals surface area contributed by atoms with Crippen molar-refractivity contribution in [1.82, 2.24) is 24.7 Å². The second-order valence-corrected chi connectivity index (χ2v) is 5.89. The number of anilines is 1. The molecule has 0 spiro atoms. The van der Waals surface area contributed by atoms with Gasteiger partial charge in [0.1, 0.15) is 17.4 Å². The second-order valence-electron chi connectivity index (χ2n) is 5.89. The van der Waals surface area contributed by atoms with E-state index in [2.05, 4.69) is 30.0 Å². The molecule has 0 amide bonds. The zero-order chi connectivity index (χ0) is 17.8. The maximum Gasteiger partial charge on any atom is 0.161 e. The summed E-state index contributed by atoms with van der Waals surface area (Å²) in [6, 6.07) is 9.52. The standard InChI is InChI=1S/C18H20N6O2/c1-25-14-4-2-13(3-5-14)18-19-8-6-15(21-18)20-12-17-23-22-16-7-10-26-11-9-24(16)17/h2-6,8H,7,9-12H2,1H3,(H,19,20,21). The van der Waals surface area contributed by atoms with Crippen LogP contribution in [-0.2, 0) is 24.2 Å². The van der Waals surface area contributed by atoms with Crippen LogP contribution in [0.25, 0.3) is 11.4 Å². The number of hydrogen-bond donors (Lipinski definition) is 1. The number of fused-ring (bicyclic) bond motifs is 1. The van der Waals surface area contributed by atoms with Crippen LogP contribution >= 0.6 is 0 Å². The van der Waals surface area contributed by atoms with Crippen LogP contribution in [0.5, 0.6) is 5.75 Å². The molecule has 8 heteroatoms. The third kappa shape index (κ3) is 3.50. The Hall–Kier alpha value is -3.00. The van der Waals surface area contributed by atoms with Crippen molar-refractivity contribution in [3.05, 3.63) is 48.2 Å². The first-order chi connectivity index (χ1) is 12.8. The Morgan fingerprint density at radius 3 is 2.88 bits per heavy atom. The molecule has 0 fully saturated rings. The molecule has 0 saturated carbocycles. The van der Waals surface area contributed by atoms with E-state index in [1.807, 2.05) is 30.3 Å². The highest BCUT2D eigenvalue weighted by Gasteiger charge is 2.14. The summed E-state index contributed by atoms with van der Waals surface area (Å²) in [5.74, 6) is 4.06. The minimum absolute atomic E-state index is 0.548. The molecule has 0 saturated heterocycles. The van der Waals surface area contributed by atoms with Crippen molar-refractivity contribution in [2.45, 2.75) is 19.5 Å². The summed E-state index contributed by atoms with van der Waals surface area (Å²) >= 11 is 0. The Kier molecular flexibility index (Phi) is 4.74. The second kappa shape index (κ2) is 7.49. The van der Waals surface area contributed by atoms with E-state index >= 15 is 0 Å². The number of nitrogens with zero attached hydrogens (tertiary/aromatic N) is 5. The van der Waals surface area contributed by atoms with E-state index in [9.17, 15) is 0 Å². The van der Waals surface area contributed by atoms with Crippen LogP contribution in [0.2, 0.25) is 0 Å². The van der Waals surface area contributed by atoms with Gasteiger partial charge in [-0.05, 0) is 30.3 Å². The van der Waals surface area contributed by atoms with Gasteiger partial charge >= 0.3 is 0 Å². The van der Waals surface area contributed by atoms with Gasteiger partial charge in [-0.15, -0.1) is 10.2 Å². The normalized spacial score (nSPS) is 13.7. The fraction of sp³-hybridized carbons (Fsp3) is 0.333. The lowest BCUT2D eigenvalue weighted by Gasteiger charge is -2.09. The van der Waals surface area contributed by atoms with Gasteiger partial charge in [-0.3, -0.25) is 0 Å². The molecule has 0 bridgehead atoms. The molecule has 0 unspecified atom stereocenters. The molecule has 1 aromatic carbocycles. The van der Waals surface area contributed by atoms with Crippen molar-refractivity contribution in [2.75, 3.05) is 25.6 Å². The molecule has 134 valence electrons. The summed E-state index contributed by atoms with van der Waals surface area (Å²) in [4.78, 5) is 8.93. The monoisotopic (exact) mass is 352 g/mol. The lowest BCUT2D eigenvalue weighted by atomic mass is 10.2. The average Bonchev–Trinajstić information content (AvgIpc) is 2.92. The van der Waals surface area contributed by atoms with Gasteiger partial charge in [0.2, 0.25) is 0 Å². The number of hydrogen-bond acceptors (Lipinski definition) is 7. The van der Waals surface area contributed by atoms with Crippen LogP contribution in [0.4, 0.5) is 5.82 Å². The molecule has 1 N–H and O–H groups in total. The Labute approximate surface area is 151 Å². The van der Waals surface area contributed by atoms with Gasteiger partial charge in [0, 0.05) is 24.7 Å². The molecular weight excluding hydrogens is 332 g/mol. The van der Waals surface area contributed by atoms with Crippen molar-refractivity contribution < 1.29 is 9.47 Å². The first-order valence-electron chi connectivity index (χ1n) is 8.53. The van der Waals surface area contributed by atoms with Crippen LogP contribution < -0.4 is 10.1 Å². The molecule has 3 aromatic rings. The van der Waals surface area contributed by atoms with Gasteiger partial charge in [-0.2, -0.15) is 0 Å². The number of methoxy groups -OCH3 is 1. The molecule has 0 aliphatic carbocycles. The van der Waals surface area contributed by atoms with Gasteiger partial charge in [0.25, 0.3) is 0 Å². The predicted molar refractivity (Wildman–Crippen MR) is 95.9 cm³/mol. The predicted octanol–water partition coefficient (Wildman–Crippen LogP) is 1.93. The first kappa shape index (κ1) is 16.5. The molecule has 2 aromatic heterocycles. The third-order valence-electron chi connectivity index (χ3n) is 4.26. The number of rotatable bonds is 5. The molecule has 1 aliphatic heterocycles. The van der Waals surface area contributed by atoms with E-state index in [4.69, 9.17) is 9.47 Å². The smallest absolute Gasteiger partial charge is 0.161 e. The Morgan fingerprint density at radius 1 is 1.15 bits per heavy atom. The molecule has 26 heavy (non-hydrogen) atoms. The minimum Gasteiger partial charge on any atom is -0.497 e. The van der Waals surface area contributed by atoms with Gasteiger partial charge < -0.3 is 19.4 Å². The Balaban J connectivity index is 1.48. The largest absolute Gasteiger partial charge is 0.497 e. The van der Waals surface area contributed by atoms with Crippen molar-refractivity contribution in [1.29, 1.82) is 0 Å². The van der Waals surface area contributed by atoms with Crippen LogP contribution in [-0.4, -0.2) is 45.1 Å². The fourth-order valence-electron chi connectivity index (χ4n) is 2.87. The summed E-state index contributed by atoms with van der Waals surface area (Å²) in [6.07, 6.45) is 2.54. The number of nitrogens with one attached hydrogen (secondary N) is 1. The van der Waals surface area contributed by atoms with E-state index in [1.54, 1.807) is 13.3 Å². The van der Waals surface area contributed by atoms with Gasteiger partial charge in [-0.1, -0.05) is 0 Å². The third-order valence-corrected chi connectivity index (χ3v) is 4.26. The van der Waals surface area contributed by atoms with E-state index in [1.165, 1.54) is 0 Å². The quantitative estimate of drug-likeness (QED) is 0.751. The maximum absolute atomic E-state index is 5.50. The van der Waals surface area contributed by atoms with E-state index in [0.717, 1.165) is 41.7 Å². The highest BCUT2D eigenvalue weighted by molar-refractivity contribution is 5.58. The van der Waals surface area contributed by atoms with Crippen LogP contribution in [0.15, 0.2) is 36.5 Å². The number of aromatic nitrogens is 5. The van der Waals surface area contributed by atoms with Crippen molar-refractivity contribution in [2.24, 2.45) is 0 Å². The summed E-state index contributed by atoms with van der Waals surface area (Å²) in [5.41, 5.74) is 0.933. The lowest BCUT2D eigenvalue weighted by molar-refractivity contribution is 0.139. The highest BCUT2D eigenvalue weighted by Crippen LogP contribution is 2.20. The topological polar surface area (TPSA) is 87.0 Å². The zero-order valence-corrected chi connectivity index (χ0v) is 14.6. The van der Waals surface area contributed by atoms with Crippen molar-refractivity contribution in [3.63, 3.8) is 0 Å². The van der Waals surface area contributed by atoms with Gasteiger partial charge in [0.05, 0.1) is 26.9 Å². The van der Waals surface area contributed by atoms with Crippen LogP contribution in [0, 0.1) is 0 Å². The number of benzene rings is 1. The van der Waals surface area contributed by atoms with Crippen molar-refractivity contribution in [3.8, 4) is 17.1 Å². The summed E-state index contributed by atoms with van der Waals surface area (Å²) in [6.45, 7) is 2.71. The molecule has 8 nitrogen and oxygen atoms in total. The summed E-state index contributed by atoms with van der Waals surface area (Å²) < 4.78 is 12.8. The van der Waals surface area contributed by atoms with Crippen LogP contribution in [0.1, 0.15) is 11.6 Å². The summed E-state index contributed by atoms with van der Waals surface area (Å²) in [7, 11) is 1.65. The molecule has 4 rings (SSSR count). The molecule has 0 radical (unpaired) electrons. The van der Waals surface area contributed by atoms with Crippen LogP contribution in [0.3, 0.4) is 0 Å². The Bertz CT molecular complexity index is 878. The van der Waals surface area contributed by atoms with E-state index < -0.39 is 0 Å². The highest BCUT2D eigenvalue weighted by atomic mass is 16.5. The average molecular weight is 352 g/mol. The van der Waals surface area contributed by atoms with E-state index in [-0.39, 0.29) is 0 Å². The summed E-state index contributed by atoms with van der Waals surface area (Å²) in [5, 5.41) is 11.9. The fourth-order valence-corrected chi connectivity index (χ4v) is 2.87. The Morgan fingerprint density at radius 2 is 2.04 bits per heavy atom. The molecule has 0 atom stereocenters. The van der Waals surface area contributed by atoms with E-state index in [0.29, 0.717) is 25.6 Å². The molecular formula is C18H20N6O2. The first-order valence-corrected chi connectivity index (χ1v) is 8.53. The van der Waals surface area contributed by atoms with Gasteiger partial charge in [0.15, 0.2) is 11.6 Å². The van der Waals surface area contributed by atoms with Crippen molar-refractivity contribution >= 4 is 5.82 Å².